The van der Waals surface area contributed by atoms with Crippen molar-refractivity contribution < 1.29 is 13.2 Å². The monoisotopic (exact) mass is 423 g/mol. The van der Waals surface area contributed by atoms with Crippen LogP contribution in [0.2, 0.25) is 0 Å². The van der Waals surface area contributed by atoms with Crippen molar-refractivity contribution in [2.45, 2.75) is 23.8 Å². The van der Waals surface area contributed by atoms with Gasteiger partial charge in [0.25, 0.3) is 0 Å². The van der Waals surface area contributed by atoms with Gasteiger partial charge in [-0.05, 0) is 42.3 Å². The molecule has 0 spiro atoms. The second kappa shape index (κ2) is 8.45. The van der Waals surface area contributed by atoms with Crippen LogP contribution in [0.15, 0.2) is 77.7 Å². The maximum Gasteiger partial charge on any atom is 0.241 e. The molecule has 0 bridgehead atoms. The molecule has 1 saturated heterocycles. The molecule has 4 rings (SSSR count). The third-order valence-electron chi connectivity index (χ3n) is 5.76. The highest BCUT2D eigenvalue weighted by Gasteiger charge is 2.34. The number of primary amides is 1. The number of rotatable bonds is 6. The molecule has 6 nitrogen and oxygen atoms in total. The van der Waals surface area contributed by atoms with E-state index in [0.29, 0.717) is 18.2 Å². The number of hydrogen-bond donors (Lipinski definition) is 2. The number of nitrogens with one attached hydrogen (secondary N) is 1. The average Bonchev–Trinajstić information content (AvgIpc) is 2.78. The molecule has 0 aliphatic carbocycles. The molecule has 3 aromatic carbocycles. The van der Waals surface area contributed by atoms with E-state index in [2.05, 4.69) is 21.8 Å². The number of hydrogen-bond acceptors (Lipinski definition) is 4. The number of benzene rings is 3. The van der Waals surface area contributed by atoms with Crippen LogP contribution in [0.25, 0.3) is 10.8 Å². The molecule has 0 radical (unpaired) electrons. The highest BCUT2D eigenvalue weighted by atomic mass is 32.2. The third kappa shape index (κ3) is 4.17. The van der Waals surface area contributed by atoms with Crippen molar-refractivity contribution in [3.05, 3.63) is 72.8 Å². The normalized spacial score (nSPS) is 16.5. The summed E-state index contributed by atoms with van der Waals surface area (Å²) in [5, 5.41) is 1.45. The Morgan fingerprint density at radius 2 is 1.57 bits per heavy atom. The lowest BCUT2D eigenvalue weighted by Gasteiger charge is -2.36. The van der Waals surface area contributed by atoms with E-state index < -0.39 is 22.0 Å². The minimum absolute atomic E-state index is 0.146. The van der Waals surface area contributed by atoms with E-state index in [9.17, 15) is 13.2 Å². The van der Waals surface area contributed by atoms with Crippen LogP contribution in [-0.2, 0) is 14.8 Å². The standard InChI is InChI=1S/C23H25N3O3S/c24-23(27)22(18-13-15-26(16-14-18)19-9-2-1-3-10-19)25-30(28,29)21-12-6-8-17-7-4-5-11-20(17)21/h1-12,18,22,25H,13-16H2,(H2,24,27). The number of anilines is 1. The van der Waals surface area contributed by atoms with Crippen molar-refractivity contribution in [1.29, 1.82) is 0 Å². The molecule has 156 valence electrons. The Morgan fingerprint density at radius 3 is 2.27 bits per heavy atom. The highest BCUT2D eigenvalue weighted by Crippen LogP contribution is 2.27. The van der Waals surface area contributed by atoms with Gasteiger partial charge in [-0.2, -0.15) is 4.72 Å². The van der Waals surface area contributed by atoms with Gasteiger partial charge in [0.05, 0.1) is 4.90 Å². The summed E-state index contributed by atoms with van der Waals surface area (Å²) in [5.41, 5.74) is 6.76. The summed E-state index contributed by atoms with van der Waals surface area (Å²) >= 11 is 0. The van der Waals surface area contributed by atoms with Crippen LogP contribution in [0.1, 0.15) is 12.8 Å². The van der Waals surface area contributed by atoms with Gasteiger partial charge in [-0.3, -0.25) is 4.79 Å². The number of nitrogens with two attached hydrogens (primary N) is 1. The molecule has 1 unspecified atom stereocenters. The largest absolute Gasteiger partial charge is 0.372 e. The zero-order chi connectivity index (χ0) is 21.1. The second-order valence-electron chi connectivity index (χ2n) is 7.64. The van der Waals surface area contributed by atoms with Crippen molar-refractivity contribution >= 4 is 32.4 Å². The van der Waals surface area contributed by atoms with Crippen molar-refractivity contribution in [2.75, 3.05) is 18.0 Å². The number of piperidine rings is 1. The summed E-state index contributed by atoms with van der Waals surface area (Å²) in [5.74, 6) is -0.788. The minimum atomic E-state index is -3.91. The van der Waals surface area contributed by atoms with Crippen molar-refractivity contribution in [3.8, 4) is 0 Å². The predicted molar refractivity (Wildman–Crippen MR) is 119 cm³/mol. The molecule has 1 heterocycles. The van der Waals surface area contributed by atoms with Gasteiger partial charge in [0, 0.05) is 24.2 Å². The van der Waals surface area contributed by atoms with Gasteiger partial charge >= 0.3 is 0 Å². The number of sulfonamides is 1. The molecule has 1 aliphatic heterocycles. The Bertz CT molecular complexity index is 1140. The zero-order valence-electron chi connectivity index (χ0n) is 16.6. The summed E-state index contributed by atoms with van der Waals surface area (Å²) in [7, 11) is -3.91. The van der Waals surface area contributed by atoms with E-state index in [1.807, 2.05) is 36.4 Å². The van der Waals surface area contributed by atoms with Crippen LogP contribution < -0.4 is 15.4 Å². The molecular weight excluding hydrogens is 398 g/mol. The molecule has 7 heteroatoms. The summed E-state index contributed by atoms with van der Waals surface area (Å²) in [6.45, 7) is 1.49. The molecule has 1 aliphatic rings. The lowest BCUT2D eigenvalue weighted by molar-refractivity contribution is -0.121. The smallest absolute Gasteiger partial charge is 0.241 e. The summed E-state index contributed by atoms with van der Waals surface area (Å²) in [4.78, 5) is 14.6. The second-order valence-corrected chi connectivity index (χ2v) is 9.32. The van der Waals surface area contributed by atoms with Crippen molar-refractivity contribution in [3.63, 3.8) is 0 Å². The topological polar surface area (TPSA) is 92.5 Å². The first-order valence-electron chi connectivity index (χ1n) is 10.0. The van der Waals surface area contributed by atoms with Gasteiger partial charge in [-0.25, -0.2) is 8.42 Å². The van der Waals surface area contributed by atoms with E-state index in [1.165, 1.54) is 0 Å². The molecule has 1 fully saturated rings. The number of para-hydroxylation sites is 1. The van der Waals surface area contributed by atoms with Crippen molar-refractivity contribution in [2.24, 2.45) is 11.7 Å². The van der Waals surface area contributed by atoms with Gasteiger partial charge in [-0.15, -0.1) is 0 Å². The lowest BCUT2D eigenvalue weighted by Crippen LogP contribution is -2.52. The van der Waals surface area contributed by atoms with E-state index in [4.69, 9.17) is 5.73 Å². The average molecular weight is 424 g/mol. The third-order valence-corrected chi connectivity index (χ3v) is 7.26. The number of carbonyl (C=O) groups is 1. The highest BCUT2D eigenvalue weighted by molar-refractivity contribution is 7.89. The predicted octanol–water partition coefficient (Wildman–Crippen LogP) is 2.89. The molecule has 0 aromatic heterocycles. The van der Waals surface area contributed by atoms with Gasteiger partial charge in [0.2, 0.25) is 15.9 Å². The van der Waals surface area contributed by atoms with Gasteiger partial charge in [0.1, 0.15) is 6.04 Å². The molecular formula is C23H25N3O3S. The van der Waals surface area contributed by atoms with Crippen LogP contribution in [-0.4, -0.2) is 33.5 Å². The Labute approximate surface area is 176 Å². The van der Waals surface area contributed by atoms with Gasteiger partial charge in [-0.1, -0.05) is 54.6 Å². The summed E-state index contributed by atoms with van der Waals surface area (Å²) in [6.07, 6.45) is 1.36. The van der Waals surface area contributed by atoms with Gasteiger partial charge < -0.3 is 10.6 Å². The summed E-state index contributed by atoms with van der Waals surface area (Å²) < 4.78 is 28.9. The first kappa shape index (κ1) is 20.4. The molecule has 3 aromatic rings. The Hall–Kier alpha value is -2.90. The number of fused-ring (bicyclic) bond motifs is 1. The first-order valence-corrected chi connectivity index (χ1v) is 11.5. The van der Waals surface area contributed by atoms with Crippen LogP contribution in [0.4, 0.5) is 5.69 Å². The van der Waals surface area contributed by atoms with E-state index >= 15 is 0 Å². The first-order chi connectivity index (χ1) is 14.5. The zero-order valence-corrected chi connectivity index (χ0v) is 17.4. The molecule has 30 heavy (non-hydrogen) atoms. The minimum Gasteiger partial charge on any atom is -0.372 e. The van der Waals surface area contributed by atoms with E-state index in [0.717, 1.165) is 24.2 Å². The van der Waals surface area contributed by atoms with Crippen LogP contribution in [0.5, 0.6) is 0 Å². The maximum absolute atomic E-state index is 13.2. The number of nitrogens with zero attached hydrogens (tertiary/aromatic N) is 1. The Morgan fingerprint density at radius 1 is 0.933 bits per heavy atom. The fourth-order valence-corrected chi connectivity index (χ4v) is 5.68. The van der Waals surface area contributed by atoms with Crippen LogP contribution >= 0.6 is 0 Å². The SMILES string of the molecule is NC(=O)C(NS(=O)(=O)c1cccc2ccccc12)C1CCN(c2ccccc2)CC1. The lowest BCUT2D eigenvalue weighted by atomic mass is 9.89. The number of amides is 1. The van der Waals surface area contributed by atoms with Crippen LogP contribution in [0, 0.1) is 5.92 Å². The van der Waals surface area contributed by atoms with Crippen molar-refractivity contribution in [1.82, 2.24) is 4.72 Å². The Balaban J connectivity index is 1.53. The fourth-order valence-electron chi connectivity index (χ4n) is 4.18. The summed E-state index contributed by atoms with van der Waals surface area (Å²) in [6, 6.07) is 21.5. The molecule has 1 amide bonds. The molecule has 0 saturated carbocycles. The molecule has 3 N–H and O–H groups in total. The molecule has 1 atom stereocenters. The Kier molecular flexibility index (Phi) is 5.74. The fraction of sp³-hybridized carbons (Fsp3) is 0.261. The van der Waals surface area contributed by atoms with Gasteiger partial charge in [0.15, 0.2) is 0 Å². The van der Waals surface area contributed by atoms with E-state index in [-0.39, 0.29) is 10.8 Å². The van der Waals surface area contributed by atoms with E-state index in [1.54, 1.807) is 24.3 Å². The number of carbonyl (C=O) groups excluding carboxylic acids is 1. The maximum atomic E-state index is 13.2. The quantitative estimate of drug-likeness (QED) is 0.638. The van der Waals surface area contributed by atoms with Crippen LogP contribution in [0.3, 0.4) is 0 Å².